The Morgan fingerprint density at radius 1 is 1.14 bits per heavy atom. The molecule has 0 aromatic heterocycles. The number of rotatable bonds is 2. The lowest BCUT2D eigenvalue weighted by Gasteiger charge is -2.35. The largest absolute Gasteiger partial charge is 0.481 e. The van der Waals surface area contributed by atoms with Crippen LogP contribution in [-0.4, -0.2) is 65.0 Å². The lowest BCUT2D eigenvalue weighted by Crippen LogP contribution is -2.50. The summed E-state index contributed by atoms with van der Waals surface area (Å²) in [5.41, 5.74) is -0.829. The number of hydrogen-bond acceptors (Lipinski definition) is 3. The summed E-state index contributed by atoms with van der Waals surface area (Å²) in [6, 6.07) is 0.0515. The van der Waals surface area contributed by atoms with Crippen LogP contribution in [0, 0.1) is 5.41 Å². The molecule has 2 rings (SSSR count). The molecular formula is C14H23N3O4. The van der Waals surface area contributed by atoms with Gasteiger partial charge < -0.3 is 20.2 Å². The Hall–Kier alpha value is -1.79. The second kappa shape index (κ2) is 5.91. The minimum Gasteiger partial charge on any atom is -0.481 e. The Morgan fingerprint density at radius 3 is 2.24 bits per heavy atom. The first-order valence-corrected chi connectivity index (χ1v) is 7.36. The molecule has 2 aliphatic heterocycles. The number of nitrogens with zero attached hydrogens (tertiary/aromatic N) is 2. The van der Waals surface area contributed by atoms with Crippen LogP contribution < -0.4 is 5.32 Å². The molecule has 2 heterocycles. The maximum atomic E-state index is 12.4. The van der Waals surface area contributed by atoms with Crippen LogP contribution in [0.4, 0.5) is 4.79 Å². The molecule has 0 aromatic rings. The van der Waals surface area contributed by atoms with Crippen LogP contribution in [0.3, 0.4) is 0 Å². The second-order valence-corrected chi connectivity index (χ2v) is 6.28. The average Bonchev–Trinajstić information content (AvgIpc) is 2.82. The van der Waals surface area contributed by atoms with Gasteiger partial charge in [-0.3, -0.25) is 9.59 Å². The van der Waals surface area contributed by atoms with Crippen molar-refractivity contribution in [3.05, 3.63) is 0 Å². The zero-order chi connectivity index (χ0) is 15.6. The highest BCUT2D eigenvalue weighted by Crippen LogP contribution is 2.31. The number of likely N-dealkylation sites (tertiary alicyclic amines) is 2. The van der Waals surface area contributed by atoms with Crippen LogP contribution in [-0.2, 0) is 9.59 Å². The number of carboxylic acids is 1. The highest BCUT2D eigenvalue weighted by Gasteiger charge is 2.43. The zero-order valence-corrected chi connectivity index (χ0v) is 12.6. The van der Waals surface area contributed by atoms with Gasteiger partial charge in [-0.2, -0.15) is 0 Å². The molecule has 0 aliphatic carbocycles. The number of urea groups is 1. The Labute approximate surface area is 124 Å². The summed E-state index contributed by atoms with van der Waals surface area (Å²) in [5, 5.41) is 12.1. The van der Waals surface area contributed by atoms with Gasteiger partial charge in [-0.15, -0.1) is 0 Å². The standard InChI is InChI=1S/C14H23N3O4/c1-10(18)15-11-3-6-16(7-4-11)13(21)17-8-5-14(2,9-17)12(19)20/h11H,3-9H2,1-2H3,(H,15,18)(H,19,20). The van der Waals surface area contributed by atoms with E-state index in [9.17, 15) is 19.5 Å². The molecule has 2 fully saturated rings. The smallest absolute Gasteiger partial charge is 0.320 e. The van der Waals surface area contributed by atoms with Gasteiger partial charge in [-0.25, -0.2) is 4.79 Å². The SMILES string of the molecule is CC(=O)NC1CCN(C(=O)N2CCC(C)(C(=O)O)C2)CC1. The number of piperidine rings is 1. The molecule has 1 atom stereocenters. The van der Waals surface area contributed by atoms with E-state index >= 15 is 0 Å². The van der Waals surface area contributed by atoms with Crippen molar-refractivity contribution in [1.29, 1.82) is 0 Å². The molecule has 21 heavy (non-hydrogen) atoms. The number of carbonyl (C=O) groups excluding carboxylic acids is 2. The van der Waals surface area contributed by atoms with E-state index < -0.39 is 11.4 Å². The molecule has 1 unspecified atom stereocenters. The first-order chi connectivity index (χ1) is 9.82. The summed E-state index contributed by atoms with van der Waals surface area (Å²) in [4.78, 5) is 38.0. The van der Waals surface area contributed by atoms with Crippen LogP contribution in [0.2, 0.25) is 0 Å². The Bertz CT molecular complexity index is 446. The first-order valence-electron chi connectivity index (χ1n) is 7.36. The summed E-state index contributed by atoms with van der Waals surface area (Å²) < 4.78 is 0. The Balaban J connectivity index is 1.86. The van der Waals surface area contributed by atoms with Gasteiger partial charge >= 0.3 is 12.0 Å². The van der Waals surface area contributed by atoms with Crippen LogP contribution in [0.25, 0.3) is 0 Å². The molecule has 2 saturated heterocycles. The van der Waals surface area contributed by atoms with Crippen molar-refractivity contribution in [3.63, 3.8) is 0 Å². The van der Waals surface area contributed by atoms with E-state index in [0.717, 1.165) is 12.8 Å². The predicted molar refractivity (Wildman–Crippen MR) is 75.7 cm³/mol. The Morgan fingerprint density at radius 2 is 1.76 bits per heavy atom. The van der Waals surface area contributed by atoms with E-state index in [1.807, 2.05) is 0 Å². The van der Waals surface area contributed by atoms with Gasteiger partial charge in [0.1, 0.15) is 0 Å². The number of carboxylic acid groups (broad SMARTS) is 1. The van der Waals surface area contributed by atoms with Gasteiger partial charge in [0.15, 0.2) is 0 Å². The van der Waals surface area contributed by atoms with E-state index in [-0.39, 0.29) is 24.5 Å². The summed E-state index contributed by atoms with van der Waals surface area (Å²) >= 11 is 0. The van der Waals surface area contributed by atoms with E-state index in [1.54, 1.807) is 16.7 Å². The molecule has 2 N–H and O–H groups in total. The van der Waals surface area contributed by atoms with Crippen molar-refractivity contribution in [3.8, 4) is 0 Å². The number of hydrogen-bond donors (Lipinski definition) is 2. The van der Waals surface area contributed by atoms with E-state index in [2.05, 4.69) is 5.32 Å². The molecule has 0 bridgehead atoms. The molecule has 0 spiro atoms. The summed E-state index contributed by atoms with van der Waals surface area (Å²) in [6.07, 6.45) is 1.99. The molecule has 0 aromatic carbocycles. The predicted octanol–water partition coefficient (Wildman–Crippen LogP) is 0.504. The number of amides is 3. The Kier molecular flexibility index (Phi) is 4.39. The minimum absolute atomic E-state index is 0.0449. The van der Waals surface area contributed by atoms with Gasteiger partial charge in [0.2, 0.25) is 5.91 Å². The number of nitrogens with one attached hydrogen (secondary N) is 1. The van der Waals surface area contributed by atoms with E-state index in [0.29, 0.717) is 26.1 Å². The summed E-state index contributed by atoms with van der Waals surface area (Å²) in [6.45, 7) is 5.15. The third-order valence-electron chi connectivity index (χ3n) is 4.43. The topological polar surface area (TPSA) is 90.0 Å². The molecule has 2 aliphatic rings. The highest BCUT2D eigenvalue weighted by atomic mass is 16.4. The molecule has 0 saturated carbocycles. The van der Waals surface area contributed by atoms with E-state index in [1.165, 1.54) is 6.92 Å². The van der Waals surface area contributed by atoms with Crippen LogP contribution in [0.5, 0.6) is 0 Å². The molecule has 0 radical (unpaired) electrons. The van der Waals surface area contributed by atoms with Gasteiger partial charge in [0.25, 0.3) is 0 Å². The fourth-order valence-electron chi connectivity index (χ4n) is 3.00. The maximum Gasteiger partial charge on any atom is 0.320 e. The molecule has 3 amide bonds. The number of carbonyl (C=O) groups is 3. The monoisotopic (exact) mass is 297 g/mol. The fourth-order valence-corrected chi connectivity index (χ4v) is 3.00. The second-order valence-electron chi connectivity index (χ2n) is 6.28. The van der Waals surface area contributed by atoms with Gasteiger partial charge in [0.05, 0.1) is 5.41 Å². The molecular weight excluding hydrogens is 274 g/mol. The molecule has 7 nitrogen and oxygen atoms in total. The van der Waals surface area contributed by atoms with Crippen molar-refractivity contribution < 1.29 is 19.5 Å². The lowest BCUT2D eigenvalue weighted by atomic mass is 9.90. The summed E-state index contributed by atoms with van der Waals surface area (Å²) in [5.74, 6) is -0.890. The maximum absolute atomic E-state index is 12.4. The normalized spacial score (nSPS) is 26.8. The first kappa shape index (κ1) is 15.6. The van der Waals surface area contributed by atoms with Gasteiger partial charge in [-0.05, 0) is 26.2 Å². The lowest BCUT2D eigenvalue weighted by molar-refractivity contribution is -0.147. The quantitative estimate of drug-likeness (QED) is 0.777. The highest BCUT2D eigenvalue weighted by molar-refractivity contribution is 5.79. The van der Waals surface area contributed by atoms with Crippen LogP contribution in [0.1, 0.15) is 33.1 Å². The zero-order valence-electron chi connectivity index (χ0n) is 12.6. The van der Waals surface area contributed by atoms with Gasteiger partial charge in [-0.1, -0.05) is 0 Å². The van der Waals surface area contributed by atoms with Gasteiger partial charge in [0, 0.05) is 39.1 Å². The van der Waals surface area contributed by atoms with Crippen molar-refractivity contribution >= 4 is 17.9 Å². The average molecular weight is 297 g/mol. The third-order valence-corrected chi connectivity index (χ3v) is 4.43. The third kappa shape index (κ3) is 3.46. The van der Waals surface area contributed by atoms with Crippen LogP contribution >= 0.6 is 0 Å². The van der Waals surface area contributed by atoms with Crippen LogP contribution in [0.15, 0.2) is 0 Å². The molecule has 118 valence electrons. The van der Waals surface area contributed by atoms with Crippen molar-refractivity contribution in [1.82, 2.24) is 15.1 Å². The summed E-state index contributed by atoms with van der Waals surface area (Å²) in [7, 11) is 0. The molecule has 7 heteroatoms. The fraction of sp³-hybridized carbons (Fsp3) is 0.786. The number of aliphatic carboxylic acids is 1. The van der Waals surface area contributed by atoms with Crippen molar-refractivity contribution in [2.75, 3.05) is 26.2 Å². The minimum atomic E-state index is -0.845. The van der Waals surface area contributed by atoms with E-state index in [4.69, 9.17) is 0 Å². The van der Waals surface area contributed by atoms with Crippen molar-refractivity contribution in [2.45, 2.75) is 39.2 Å². The van der Waals surface area contributed by atoms with Crippen molar-refractivity contribution in [2.24, 2.45) is 5.41 Å².